The van der Waals surface area contributed by atoms with Gasteiger partial charge < -0.3 is 4.42 Å². The third-order valence-electron chi connectivity index (χ3n) is 4.95. The lowest BCUT2D eigenvalue weighted by Crippen LogP contribution is -2.35. The van der Waals surface area contributed by atoms with Crippen LogP contribution < -0.4 is 0 Å². The first-order valence-electron chi connectivity index (χ1n) is 9.79. The number of carbonyl (C=O) groups is 1. The molecule has 0 atom stereocenters. The standard InChI is InChI=1S/C21H20FN3O4S2/c22-17-8-4-15(5-9-17)19(26)14-30-21-24-23-20(29-21)16-6-10-18(11-7-16)31(27,28)25-12-2-1-3-13-25/h4-11H,1-3,12-14H2. The molecule has 0 amide bonds. The smallest absolute Gasteiger partial charge is 0.277 e. The minimum Gasteiger partial charge on any atom is -0.411 e. The molecule has 0 N–H and O–H groups in total. The largest absolute Gasteiger partial charge is 0.411 e. The molecular formula is C21H20FN3O4S2. The van der Waals surface area contributed by atoms with Crippen LogP contribution in [0.1, 0.15) is 29.6 Å². The minimum atomic E-state index is -3.50. The summed E-state index contributed by atoms with van der Waals surface area (Å²) in [7, 11) is -3.50. The highest BCUT2D eigenvalue weighted by Crippen LogP contribution is 2.26. The number of rotatable bonds is 7. The van der Waals surface area contributed by atoms with Crippen molar-refractivity contribution in [2.45, 2.75) is 29.4 Å². The first-order valence-corrected chi connectivity index (χ1v) is 12.2. The number of sulfonamides is 1. The number of hydrogen-bond acceptors (Lipinski definition) is 7. The van der Waals surface area contributed by atoms with E-state index < -0.39 is 15.8 Å². The predicted octanol–water partition coefficient (Wildman–Crippen LogP) is 4.03. The number of benzene rings is 2. The fraction of sp³-hybridized carbons (Fsp3) is 0.286. The number of hydrogen-bond donors (Lipinski definition) is 0. The van der Waals surface area contributed by atoms with Gasteiger partial charge in [-0.2, -0.15) is 4.31 Å². The van der Waals surface area contributed by atoms with Crippen molar-refractivity contribution in [1.29, 1.82) is 0 Å². The van der Waals surface area contributed by atoms with Crippen molar-refractivity contribution < 1.29 is 22.0 Å². The summed E-state index contributed by atoms with van der Waals surface area (Å²) in [6.07, 6.45) is 2.81. The fourth-order valence-corrected chi connectivity index (χ4v) is 5.43. The zero-order chi connectivity index (χ0) is 21.8. The molecule has 7 nitrogen and oxygen atoms in total. The van der Waals surface area contributed by atoms with Gasteiger partial charge in [0.1, 0.15) is 5.82 Å². The van der Waals surface area contributed by atoms with Crippen LogP contribution in [0, 0.1) is 5.82 Å². The first kappa shape index (κ1) is 21.7. The van der Waals surface area contributed by atoms with Crippen LogP contribution in [0.4, 0.5) is 4.39 Å². The van der Waals surface area contributed by atoms with Crippen LogP contribution in [0.3, 0.4) is 0 Å². The molecule has 0 saturated carbocycles. The van der Waals surface area contributed by atoms with E-state index in [9.17, 15) is 17.6 Å². The number of aromatic nitrogens is 2. The summed E-state index contributed by atoms with van der Waals surface area (Å²) < 4.78 is 45.6. The molecule has 10 heteroatoms. The monoisotopic (exact) mass is 461 g/mol. The van der Waals surface area contributed by atoms with Crippen LogP contribution in [0.15, 0.2) is 63.1 Å². The van der Waals surface area contributed by atoms with Crippen molar-refractivity contribution in [3.63, 3.8) is 0 Å². The van der Waals surface area contributed by atoms with Gasteiger partial charge in [0.2, 0.25) is 15.9 Å². The Kier molecular flexibility index (Phi) is 6.49. The molecule has 1 saturated heterocycles. The number of ketones is 1. The molecule has 0 aliphatic carbocycles. The summed E-state index contributed by atoms with van der Waals surface area (Å²) in [6.45, 7) is 1.09. The molecule has 4 rings (SSSR count). The van der Waals surface area contributed by atoms with Crippen molar-refractivity contribution in [1.82, 2.24) is 14.5 Å². The van der Waals surface area contributed by atoms with Crippen LogP contribution in [0.5, 0.6) is 0 Å². The highest BCUT2D eigenvalue weighted by Gasteiger charge is 2.26. The molecule has 0 spiro atoms. The van der Waals surface area contributed by atoms with Gasteiger partial charge >= 0.3 is 0 Å². The quantitative estimate of drug-likeness (QED) is 0.387. The molecule has 3 aromatic rings. The average molecular weight is 462 g/mol. The van der Waals surface area contributed by atoms with Gasteiger partial charge in [-0.1, -0.05) is 18.2 Å². The Labute approximate surface area is 183 Å². The van der Waals surface area contributed by atoms with Crippen LogP contribution in [0.25, 0.3) is 11.5 Å². The molecular weight excluding hydrogens is 441 g/mol. The molecule has 0 bridgehead atoms. The Balaban J connectivity index is 1.40. The lowest BCUT2D eigenvalue weighted by molar-refractivity contribution is 0.102. The first-order chi connectivity index (χ1) is 14.9. The zero-order valence-corrected chi connectivity index (χ0v) is 18.2. The summed E-state index contributed by atoms with van der Waals surface area (Å²) in [6, 6.07) is 11.7. The van der Waals surface area contributed by atoms with Gasteiger partial charge in [-0.05, 0) is 61.4 Å². The lowest BCUT2D eigenvalue weighted by Gasteiger charge is -2.25. The number of piperidine rings is 1. The van der Waals surface area contributed by atoms with Crippen molar-refractivity contribution in [2.24, 2.45) is 0 Å². The Morgan fingerprint density at radius 3 is 2.35 bits per heavy atom. The molecule has 1 aromatic heterocycles. The third kappa shape index (κ3) is 5.03. The maximum Gasteiger partial charge on any atom is 0.277 e. The molecule has 2 aromatic carbocycles. The summed E-state index contributed by atoms with van der Waals surface area (Å²) >= 11 is 1.08. The predicted molar refractivity (Wildman–Crippen MR) is 114 cm³/mol. The Morgan fingerprint density at radius 2 is 1.68 bits per heavy atom. The second-order valence-corrected chi connectivity index (χ2v) is 9.95. The highest BCUT2D eigenvalue weighted by atomic mass is 32.2. The topological polar surface area (TPSA) is 93.4 Å². The molecule has 1 aliphatic rings. The van der Waals surface area contributed by atoms with E-state index >= 15 is 0 Å². The summed E-state index contributed by atoms with van der Waals surface area (Å²) in [5.74, 6) is -0.281. The Hall–Kier alpha value is -2.56. The highest BCUT2D eigenvalue weighted by molar-refractivity contribution is 7.99. The maximum atomic E-state index is 13.0. The van der Waals surface area contributed by atoms with Crippen LogP contribution in [0.2, 0.25) is 0 Å². The van der Waals surface area contributed by atoms with Crippen molar-refractivity contribution in [3.8, 4) is 11.5 Å². The van der Waals surface area contributed by atoms with E-state index in [1.807, 2.05) is 0 Å². The van der Waals surface area contributed by atoms with E-state index in [1.165, 1.54) is 40.7 Å². The minimum absolute atomic E-state index is 0.0697. The molecule has 2 heterocycles. The maximum absolute atomic E-state index is 13.0. The molecule has 162 valence electrons. The Bertz CT molecular complexity index is 1160. The number of carbonyl (C=O) groups excluding carboxylic acids is 1. The van der Waals surface area contributed by atoms with Gasteiger partial charge in [0, 0.05) is 24.2 Å². The van der Waals surface area contributed by atoms with Crippen molar-refractivity contribution in [2.75, 3.05) is 18.8 Å². The van der Waals surface area contributed by atoms with Gasteiger partial charge in [-0.15, -0.1) is 10.2 Å². The number of thioether (sulfide) groups is 1. The van der Waals surface area contributed by atoms with Gasteiger partial charge in [-0.25, -0.2) is 12.8 Å². The summed E-state index contributed by atoms with van der Waals surface area (Å²) in [4.78, 5) is 12.4. The van der Waals surface area contributed by atoms with E-state index in [0.717, 1.165) is 31.0 Å². The molecule has 0 unspecified atom stereocenters. The van der Waals surface area contributed by atoms with Crippen molar-refractivity contribution in [3.05, 3.63) is 59.9 Å². The zero-order valence-electron chi connectivity index (χ0n) is 16.5. The van der Waals surface area contributed by atoms with Gasteiger partial charge in [0.25, 0.3) is 5.22 Å². The number of halogens is 1. The van der Waals surface area contributed by atoms with E-state index in [2.05, 4.69) is 10.2 Å². The number of nitrogens with zero attached hydrogens (tertiary/aromatic N) is 3. The molecule has 1 fully saturated rings. The van der Waals surface area contributed by atoms with E-state index in [-0.39, 0.29) is 27.5 Å². The average Bonchev–Trinajstić information content (AvgIpc) is 3.28. The van der Waals surface area contributed by atoms with Crippen LogP contribution in [-0.4, -0.2) is 47.5 Å². The van der Waals surface area contributed by atoms with Crippen LogP contribution >= 0.6 is 11.8 Å². The number of Topliss-reactive ketones (excluding diaryl/α,β-unsaturated/α-hetero) is 1. The molecule has 31 heavy (non-hydrogen) atoms. The molecule has 1 aliphatic heterocycles. The van der Waals surface area contributed by atoms with Gasteiger partial charge in [0.15, 0.2) is 5.78 Å². The fourth-order valence-electron chi connectivity index (χ4n) is 3.25. The van der Waals surface area contributed by atoms with Crippen molar-refractivity contribution >= 4 is 27.6 Å². The van der Waals surface area contributed by atoms with E-state index in [0.29, 0.717) is 24.2 Å². The normalized spacial score (nSPS) is 15.1. The third-order valence-corrected chi connectivity index (χ3v) is 7.68. The van der Waals surface area contributed by atoms with Gasteiger partial charge in [0.05, 0.1) is 10.6 Å². The van der Waals surface area contributed by atoms with Gasteiger partial charge in [-0.3, -0.25) is 4.79 Å². The second kappa shape index (κ2) is 9.29. The SMILES string of the molecule is O=C(CSc1nnc(-c2ccc(S(=O)(=O)N3CCCCC3)cc2)o1)c1ccc(F)cc1. The van der Waals surface area contributed by atoms with E-state index in [1.54, 1.807) is 12.1 Å². The lowest BCUT2D eigenvalue weighted by atomic mass is 10.1. The second-order valence-electron chi connectivity index (χ2n) is 7.08. The van der Waals surface area contributed by atoms with Crippen LogP contribution in [-0.2, 0) is 10.0 Å². The Morgan fingerprint density at radius 1 is 1.00 bits per heavy atom. The molecule has 0 radical (unpaired) electrons. The summed E-state index contributed by atoms with van der Waals surface area (Å²) in [5, 5.41) is 8.11. The van der Waals surface area contributed by atoms with E-state index in [4.69, 9.17) is 4.42 Å². The summed E-state index contributed by atoms with van der Waals surface area (Å²) in [5.41, 5.74) is 0.987.